The lowest BCUT2D eigenvalue weighted by atomic mass is 10.0. The maximum absolute atomic E-state index is 4.92. The van der Waals surface area contributed by atoms with E-state index in [0.717, 1.165) is 44.1 Å². The number of H-pyrrole nitrogens is 1. The molecule has 0 atom stereocenters. The Labute approximate surface area is 155 Å². The maximum Gasteiger partial charge on any atom is 0.148 e. The fourth-order valence-electron chi connectivity index (χ4n) is 3.13. The van der Waals surface area contributed by atoms with Crippen LogP contribution < -0.4 is 0 Å². The summed E-state index contributed by atoms with van der Waals surface area (Å²) in [6, 6.07) is 24.8. The van der Waals surface area contributed by atoms with E-state index in [1.165, 1.54) is 0 Å². The third kappa shape index (κ3) is 2.61. The van der Waals surface area contributed by atoms with Gasteiger partial charge in [-0.25, -0.2) is 4.98 Å². The zero-order valence-electron chi connectivity index (χ0n) is 13.9. The SMILES string of the molecule is c1ccc(-c2[nH]c(-c3cccs3)nc2-c2cnc3ccccc3c2)cc1. The molecule has 0 aliphatic rings. The average Bonchev–Trinajstić information content (AvgIpc) is 3.38. The van der Waals surface area contributed by atoms with E-state index in [1.54, 1.807) is 11.3 Å². The fraction of sp³-hybridized carbons (Fsp3) is 0. The first kappa shape index (κ1) is 15.0. The summed E-state index contributed by atoms with van der Waals surface area (Å²) in [4.78, 5) is 14.2. The first-order valence-electron chi connectivity index (χ1n) is 8.43. The topological polar surface area (TPSA) is 41.6 Å². The minimum Gasteiger partial charge on any atom is -0.337 e. The number of benzene rings is 2. The molecule has 0 fully saturated rings. The summed E-state index contributed by atoms with van der Waals surface area (Å²) in [5.74, 6) is 0.891. The van der Waals surface area contributed by atoms with E-state index in [9.17, 15) is 0 Å². The lowest BCUT2D eigenvalue weighted by Crippen LogP contribution is -1.86. The van der Waals surface area contributed by atoms with Crippen LogP contribution in [0, 0.1) is 0 Å². The Bertz CT molecular complexity index is 1170. The summed E-state index contributed by atoms with van der Waals surface area (Å²) in [6.07, 6.45) is 1.91. The quantitative estimate of drug-likeness (QED) is 0.431. The third-order valence-electron chi connectivity index (χ3n) is 4.38. The Kier molecular flexibility index (Phi) is 3.61. The van der Waals surface area contributed by atoms with Gasteiger partial charge in [0.1, 0.15) is 5.82 Å². The predicted octanol–water partition coefficient (Wildman–Crippen LogP) is 6.02. The van der Waals surface area contributed by atoms with Crippen LogP contribution in [0.2, 0.25) is 0 Å². The molecule has 0 bridgehead atoms. The van der Waals surface area contributed by atoms with Gasteiger partial charge in [0.15, 0.2) is 0 Å². The normalized spacial score (nSPS) is 11.1. The van der Waals surface area contributed by atoms with E-state index in [4.69, 9.17) is 4.98 Å². The summed E-state index contributed by atoms with van der Waals surface area (Å²) < 4.78 is 0. The number of nitrogens with zero attached hydrogens (tertiary/aromatic N) is 2. The first-order valence-corrected chi connectivity index (χ1v) is 9.31. The molecule has 0 aliphatic heterocycles. The van der Waals surface area contributed by atoms with Crippen molar-refractivity contribution in [3.63, 3.8) is 0 Å². The number of pyridine rings is 1. The van der Waals surface area contributed by atoms with Crippen molar-refractivity contribution in [2.24, 2.45) is 0 Å². The Morgan fingerprint density at radius 1 is 0.808 bits per heavy atom. The molecule has 0 unspecified atom stereocenters. The number of hydrogen-bond donors (Lipinski definition) is 1. The molecule has 0 saturated carbocycles. The highest BCUT2D eigenvalue weighted by atomic mass is 32.1. The van der Waals surface area contributed by atoms with Gasteiger partial charge in [0, 0.05) is 22.7 Å². The molecule has 3 aromatic heterocycles. The van der Waals surface area contributed by atoms with Crippen LogP contribution in [0.15, 0.2) is 84.4 Å². The van der Waals surface area contributed by atoms with Crippen molar-refractivity contribution in [1.29, 1.82) is 0 Å². The van der Waals surface area contributed by atoms with Crippen molar-refractivity contribution in [2.45, 2.75) is 0 Å². The summed E-state index contributed by atoms with van der Waals surface area (Å²) in [5, 5.41) is 3.18. The summed E-state index contributed by atoms with van der Waals surface area (Å²) in [5.41, 5.74) is 5.07. The number of para-hydroxylation sites is 1. The molecule has 3 nitrogen and oxygen atoms in total. The molecule has 1 N–H and O–H groups in total. The second kappa shape index (κ2) is 6.24. The van der Waals surface area contributed by atoms with E-state index in [1.807, 2.05) is 48.7 Å². The molecule has 0 spiro atoms. The van der Waals surface area contributed by atoms with Crippen LogP contribution in [0.3, 0.4) is 0 Å². The number of aromatic amines is 1. The number of rotatable bonds is 3. The van der Waals surface area contributed by atoms with Crippen molar-refractivity contribution in [1.82, 2.24) is 15.0 Å². The Morgan fingerprint density at radius 3 is 2.50 bits per heavy atom. The summed E-state index contributed by atoms with van der Waals surface area (Å²) >= 11 is 1.68. The van der Waals surface area contributed by atoms with Crippen molar-refractivity contribution in [3.05, 3.63) is 84.4 Å². The highest BCUT2D eigenvalue weighted by Gasteiger charge is 2.16. The molecular formula is C22H15N3S. The highest BCUT2D eigenvalue weighted by Crippen LogP contribution is 2.34. The van der Waals surface area contributed by atoms with E-state index >= 15 is 0 Å². The van der Waals surface area contributed by atoms with Crippen LogP contribution in [-0.4, -0.2) is 15.0 Å². The molecule has 5 rings (SSSR count). The van der Waals surface area contributed by atoms with Crippen molar-refractivity contribution in [3.8, 4) is 33.2 Å². The van der Waals surface area contributed by atoms with Crippen molar-refractivity contribution in [2.75, 3.05) is 0 Å². The van der Waals surface area contributed by atoms with Gasteiger partial charge in [-0.3, -0.25) is 4.98 Å². The molecule has 0 amide bonds. The molecule has 0 radical (unpaired) electrons. The minimum absolute atomic E-state index is 0.891. The van der Waals surface area contributed by atoms with Crippen LogP contribution in [0.5, 0.6) is 0 Å². The molecule has 124 valence electrons. The second-order valence-electron chi connectivity index (χ2n) is 6.07. The van der Waals surface area contributed by atoms with E-state index in [2.05, 4.69) is 45.7 Å². The highest BCUT2D eigenvalue weighted by molar-refractivity contribution is 7.13. The first-order chi connectivity index (χ1) is 12.9. The van der Waals surface area contributed by atoms with Gasteiger partial charge in [-0.1, -0.05) is 54.6 Å². The molecule has 2 aromatic carbocycles. The molecular weight excluding hydrogens is 338 g/mol. The molecule has 0 aliphatic carbocycles. The van der Waals surface area contributed by atoms with Gasteiger partial charge in [0.05, 0.1) is 21.8 Å². The number of nitrogens with one attached hydrogen (secondary N) is 1. The van der Waals surface area contributed by atoms with Gasteiger partial charge >= 0.3 is 0 Å². The number of imidazole rings is 1. The van der Waals surface area contributed by atoms with Gasteiger partial charge in [-0.05, 0) is 23.6 Å². The molecule has 26 heavy (non-hydrogen) atoms. The number of hydrogen-bond acceptors (Lipinski definition) is 3. The number of fused-ring (bicyclic) bond motifs is 1. The lowest BCUT2D eigenvalue weighted by Gasteiger charge is -2.04. The molecule has 0 saturated heterocycles. The zero-order chi connectivity index (χ0) is 17.3. The van der Waals surface area contributed by atoms with Crippen LogP contribution in [0.1, 0.15) is 0 Å². The van der Waals surface area contributed by atoms with Crippen molar-refractivity contribution >= 4 is 22.2 Å². The van der Waals surface area contributed by atoms with Crippen LogP contribution in [-0.2, 0) is 0 Å². The average molecular weight is 353 g/mol. The van der Waals surface area contributed by atoms with Gasteiger partial charge in [-0.15, -0.1) is 11.3 Å². The van der Waals surface area contributed by atoms with Crippen LogP contribution in [0.25, 0.3) is 44.1 Å². The van der Waals surface area contributed by atoms with Crippen LogP contribution in [0.4, 0.5) is 0 Å². The van der Waals surface area contributed by atoms with E-state index in [-0.39, 0.29) is 0 Å². The second-order valence-corrected chi connectivity index (χ2v) is 7.02. The van der Waals surface area contributed by atoms with E-state index < -0.39 is 0 Å². The third-order valence-corrected chi connectivity index (χ3v) is 5.26. The minimum atomic E-state index is 0.891. The monoisotopic (exact) mass is 353 g/mol. The predicted molar refractivity (Wildman–Crippen MR) is 108 cm³/mol. The largest absolute Gasteiger partial charge is 0.337 e. The number of thiophene rings is 1. The van der Waals surface area contributed by atoms with Crippen molar-refractivity contribution < 1.29 is 0 Å². The fourth-order valence-corrected chi connectivity index (χ4v) is 3.80. The smallest absolute Gasteiger partial charge is 0.148 e. The zero-order valence-corrected chi connectivity index (χ0v) is 14.7. The maximum atomic E-state index is 4.92. The van der Waals surface area contributed by atoms with Gasteiger partial charge in [0.2, 0.25) is 0 Å². The summed E-state index contributed by atoms with van der Waals surface area (Å²) in [7, 11) is 0. The Hall–Kier alpha value is -3.24. The van der Waals surface area contributed by atoms with Crippen LogP contribution >= 0.6 is 11.3 Å². The Morgan fingerprint density at radius 2 is 1.65 bits per heavy atom. The number of aromatic nitrogens is 3. The standard InChI is InChI=1S/C22H15N3S/c1-2-7-15(8-3-1)20-21(25-22(24-20)19-11-6-12-26-19)17-13-16-9-4-5-10-18(16)23-14-17/h1-14H,(H,24,25). The van der Waals surface area contributed by atoms with Gasteiger partial charge in [-0.2, -0.15) is 0 Å². The molecule has 4 heteroatoms. The molecule has 3 heterocycles. The van der Waals surface area contributed by atoms with E-state index in [0.29, 0.717) is 0 Å². The lowest BCUT2D eigenvalue weighted by molar-refractivity contribution is 1.32. The summed E-state index contributed by atoms with van der Waals surface area (Å²) in [6.45, 7) is 0. The van der Waals surface area contributed by atoms with Gasteiger partial charge in [0.25, 0.3) is 0 Å². The van der Waals surface area contributed by atoms with Gasteiger partial charge < -0.3 is 4.98 Å². The Balaban J connectivity index is 1.73. The molecule has 5 aromatic rings.